The molecule has 0 aromatic rings. The van der Waals surface area contributed by atoms with Gasteiger partial charge in [-0.2, -0.15) is 0 Å². The van der Waals surface area contributed by atoms with Crippen LogP contribution in [0.25, 0.3) is 0 Å². The second kappa shape index (κ2) is 6.75. The van der Waals surface area contributed by atoms with E-state index in [4.69, 9.17) is 4.74 Å². The molecule has 0 amide bonds. The van der Waals surface area contributed by atoms with Gasteiger partial charge in [0.15, 0.2) is 11.6 Å². The highest BCUT2D eigenvalue weighted by Gasteiger charge is 2.82. The molecule has 0 unspecified atom stereocenters. The first kappa shape index (κ1) is 23.6. The summed E-state index contributed by atoms with van der Waals surface area (Å²) in [7, 11) is 1.29. The molecule has 6 nitrogen and oxygen atoms in total. The number of aliphatic hydroxyl groups is 2. The predicted octanol–water partition coefficient (Wildman–Crippen LogP) is 3.09. The van der Waals surface area contributed by atoms with Crippen LogP contribution in [0.2, 0.25) is 0 Å². The quantitative estimate of drug-likeness (QED) is 0.384. The number of esters is 1. The number of allylic oxidation sites excluding steroid dienone is 2. The van der Waals surface area contributed by atoms with E-state index in [9.17, 15) is 24.6 Å². The molecule has 3 saturated carbocycles. The van der Waals surface area contributed by atoms with Crippen LogP contribution < -0.4 is 0 Å². The van der Waals surface area contributed by atoms with E-state index >= 15 is 0 Å². The largest absolute Gasteiger partial charge is 0.468 e. The smallest absolute Gasteiger partial charge is 0.321 e. The zero-order chi connectivity index (χ0) is 24.1. The van der Waals surface area contributed by atoms with Crippen LogP contribution in [0.3, 0.4) is 0 Å². The van der Waals surface area contributed by atoms with Crippen molar-refractivity contribution in [2.24, 2.45) is 44.8 Å². The molecule has 8 atom stereocenters. The lowest BCUT2D eigenvalue weighted by Gasteiger charge is -2.68. The number of aliphatic hydroxyl groups excluding tert-OH is 2. The lowest BCUT2D eigenvalue weighted by Crippen LogP contribution is -2.70. The van der Waals surface area contributed by atoms with E-state index in [1.54, 1.807) is 13.8 Å². The summed E-state index contributed by atoms with van der Waals surface area (Å²) < 4.78 is 5.31. The van der Waals surface area contributed by atoms with E-state index in [1.165, 1.54) is 7.11 Å². The molecule has 4 rings (SSSR count). The summed E-state index contributed by atoms with van der Waals surface area (Å²) in [6.45, 7) is 11.2. The first-order valence-corrected chi connectivity index (χ1v) is 11.9. The fraction of sp³-hybridized carbons (Fsp3) is 0.808. The number of rotatable bonds is 2. The molecule has 0 radical (unpaired) electrons. The van der Waals surface area contributed by atoms with E-state index in [0.29, 0.717) is 31.3 Å². The second-order valence-corrected chi connectivity index (χ2v) is 11.9. The Morgan fingerprint density at radius 3 is 2.31 bits per heavy atom. The average Bonchev–Trinajstić information content (AvgIpc) is 2.91. The third-order valence-corrected chi connectivity index (χ3v) is 10.8. The zero-order valence-corrected chi connectivity index (χ0v) is 20.4. The number of ketones is 2. The maximum atomic E-state index is 14.0. The highest BCUT2D eigenvalue weighted by Crippen LogP contribution is 2.76. The molecule has 32 heavy (non-hydrogen) atoms. The summed E-state index contributed by atoms with van der Waals surface area (Å²) in [6.07, 6.45) is 3.97. The van der Waals surface area contributed by atoms with Gasteiger partial charge in [0, 0.05) is 12.0 Å². The van der Waals surface area contributed by atoms with Crippen molar-refractivity contribution in [3.63, 3.8) is 0 Å². The molecule has 3 fully saturated rings. The highest BCUT2D eigenvalue weighted by molar-refractivity contribution is 6.25. The average molecular weight is 447 g/mol. The molecule has 4 aliphatic rings. The molecule has 2 N–H and O–H groups in total. The Kier molecular flexibility index (Phi) is 4.99. The van der Waals surface area contributed by atoms with Crippen molar-refractivity contribution < 1.29 is 29.3 Å². The van der Waals surface area contributed by atoms with Gasteiger partial charge >= 0.3 is 5.97 Å². The van der Waals surface area contributed by atoms with Gasteiger partial charge in [0.2, 0.25) is 0 Å². The normalized spacial score (nSPS) is 49.6. The molecule has 0 aliphatic heterocycles. The second-order valence-electron chi connectivity index (χ2n) is 11.9. The summed E-state index contributed by atoms with van der Waals surface area (Å²) >= 11 is 0. The fourth-order valence-electron chi connectivity index (χ4n) is 9.01. The minimum atomic E-state index is -1.62. The van der Waals surface area contributed by atoms with Crippen LogP contribution in [-0.4, -0.2) is 47.6 Å². The number of methoxy groups -OCH3 is 1. The minimum absolute atomic E-state index is 0.0227. The molecule has 0 saturated heterocycles. The monoisotopic (exact) mass is 446 g/mol. The van der Waals surface area contributed by atoms with Crippen LogP contribution in [0.5, 0.6) is 0 Å². The van der Waals surface area contributed by atoms with Gasteiger partial charge < -0.3 is 14.9 Å². The van der Waals surface area contributed by atoms with Gasteiger partial charge in [0.05, 0.1) is 24.5 Å². The van der Waals surface area contributed by atoms with Crippen molar-refractivity contribution >= 4 is 17.5 Å². The van der Waals surface area contributed by atoms with Gasteiger partial charge in [-0.3, -0.25) is 14.4 Å². The van der Waals surface area contributed by atoms with Gasteiger partial charge in [0.1, 0.15) is 5.41 Å². The van der Waals surface area contributed by atoms with Crippen molar-refractivity contribution in [3.8, 4) is 0 Å². The Labute approximate surface area is 190 Å². The zero-order valence-electron chi connectivity index (χ0n) is 20.4. The number of carbonyl (C=O) groups excluding carboxylic acids is 3. The van der Waals surface area contributed by atoms with Gasteiger partial charge in [-0.1, -0.05) is 32.4 Å². The van der Waals surface area contributed by atoms with E-state index in [1.807, 2.05) is 13.8 Å². The molecular formula is C26H38O6. The Balaban J connectivity index is 2.05. The topological polar surface area (TPSA) is 101 Å². The van der Waals surface area contributed by atoms with Crippen LogP contribution in [0.1, 0.15) is 67.2 Å². The third-order valence-electron chi connectivity index (χ3n) is 10.8. The summed E-state index contributed by atoms with van der Waals surface area (Å²) in [5.74, 6) is -2.36. The van der Waals surface area contributed by atoms with Crippen LogP contribution in [-0.2, 0) is 19.1 Å². The van der Waals surface area contributed by atoms with Gasteiger partial charge in [-0.15, -0.1) is 0 Å². The number of ether oxygens (including phenoxy) is 1. The number of hydrogen-bond acceptors (Lipinski definition) is 6. The Hall–Kier alpha value is -1.53. The summed E-state index contributed by atoms with van der Waals surface area (Å²) in [6, 6.07) is 0. The SMILES string of the molecule is COC(=O)[C@]12C(=O)[C@H](C)C(=O)[C@]1(C)C(C)=C[C@H]1[C@@]3(CO)CC[C@H](O)C(C)(C)[C@@H]3CC[C@@]12C. The standard InChI is InChI=1S/C26H38O6/c1-14-12-17-23(5,10-8-16-22(3,4)18(28)9-11-25(16,17)13-27)26(21(31)32-7)20(30)15(2)19(29)24(14,26)6/h12,15-18,27-28H,8-11,13H2,1-7H3/t15-,16+,17-,18+,23+,24+,25-,26+/m1/s1. The van der Waals surface area contributed by atoms with Crippen molar-refractivity contribution in [1.29, 1.82) is 0 Å². The van der Waals surface area contributed by atoms with Gasteiger partial charge in [-0.25, -0.2) is 0 Å². The summed E-state index contributed by atoms with van der Waals surface area (Å²) in [5, 5.41) is 21.7. The van der Waals surface area contributed by atoms with Gasteiger partial charge in [0.25, 0.3) is 0 Å². The number of hydrogen-bond donors (Lipinski definition) is 2. The van der Waals surface area contributed by atoms with Gasteiger partial charge in [-0.05, 0) is 69.1 Å². The van der Waals surface area contributed by atoms with Crippen LogP contribution in [0.4, 0.5) is 0 Å². The van der Waals surface area contributed by atoms with Crippen molar-refractivity contribution in [1.82, 2.24) is 0 Å². The van der Waals surface area contributed by atoms with E-state index < -0.39 is 45.1 Å². The van der Waals surface area contributed by atoms with Crippen molar-refractivity contribution in [2.75, 3.05) is 13.7 Å². The summed E-state index contributed by atoms with van der Waals surface area (Å²) in [4.78, 5) is 41.2. The first-order chi connectivity index (χ1) is 14.7. The molecule has 0 spiro atoms. The van der Waals surface area contributed by atoms with E-state index in [0.717, 1.165) is 0 Å². The lowest BCUT2D eigenvalue weighted by atomic mass is 9.33. The van der Waals surface area contributed by atoms with Crippen LogP contribution in [0, 0.1) is 44.8 Å². The number of fused-ring (bicyclic) bond motifs is 5. The minimum Gasteiger partial charge on any atom is -0.468 e. The Morgan fingerprint density at radius 2 is 1.75 bits per heavy atom. The molecule has 0 bridgehead atoms. The maximum absolute atomic E-state index is 14.0. The van der Waals surface area contributed by atoms with Crippen molar-refractivity contribution in [3.05, 3.63) is 11.6 Å². The molecule has 178 valence electrons. The highest BCUT2D eigenvalue weighted by atomic mass is 16.5. The Morgan fingerprint density at radius 1 is 1.12 bits per heavy atom. The van der Waals surface area contributed by atoms with E-state index in [-0.39, 0.29) is 30.0 Å². The Bertz CT molecular complexity index is 919. The summed E-state index contributed by atoms with van der Waals surface area (Å²) in [5.41, 5.74) is -4.06. The molecule has 4 aliphatic carbocycles. The van der Waals surface area contributed by atoms with Crippen LogP contribution >= 0.6 is 0 Å². The lowest BCUT2D eigenvalue weighted by molar-refractivity contribution is -0.225. The first-order valence-electron chi connectivity index (χ1n) is 11.9. The number of carbonyl (C=O) groups is 3. The molecule has 0 aromatic heterocycles. The maximum Gasteiger partial charge on any atom is 0.321 e. The predicted molar refractivity (Wildman–Crippen MR) is 118 cm³/mol. The number of Topliss-reactive ketones (excluding diaryl/α,β-unsaturated/α-hetero) is 2. The third kappa shape index (κ3) is 2.17. The molecular weight excluding hydrogens is 408 g/mol. The fourth-order valence-corrected chi connectivity index (χ4v) is 9.01. The molecule has 0 heterocycles. The van der Waals surface area contributed by atoms with E-state index in [2.05, 4.69) is 19.9 Å². The van der Waals surface area contributed by atoms with Crippen molar-refractivity contribution in [2.45, 2.75) is 73.3 Å². The van der Waals surface area contributed by atoms with Crippen LogP contribution in [0.15, 0.2) is 11.6 Å². The molecule has 6 heteroatoms. The molecule has 0 aromatic carbocycles.